The molecule has 3 nitrogen and oxygen atoms in total. The standard InChI is InChI=1S/C14H22N2O/c15-9-10-17-14-8-4-7-13(11-14)16-12-5-2-1-3-6-12/h4,7-8,11-12,16H,1-3,5-6,9-10,15H2. The molecule has 0 aromatic heterocycles. The average molecular weight is 234 g/mol. The van der Waals surface area contributed by atoms with Crippen LogP contribution >= 0.6 is 0 Å². The smallest absolute Gasteiger partial charge is 0.121 e. The molecule has 0 radical (unpaired) electrons. The summed E-state index contributed by atoms with van der Waals surface area (Å²) in [6.07, 6.45) is 6.65. The van der Waals surface area contributed by atoms with Crippen molar-refractivity contribution in [3.63, 3.8) is 0 Å². The number of nitrogens with two attached hydrogens (primary N) is 1. The SMILES string of the molecule is NCCOc1cccc(NC2CCCCC2)c1. The van der Waals surface area contributed by atoms with Crippen LogP contribution in [-0.4, -0.2) is 19.2 Å². The molecule has 0 aliphatic heterocycles. The van der Waals surface area contributed by atoms with Gasteiger partial charge in [0, 0.05) is 24.3 Å². The fraction of sp³-hybridized carbons (Fsp3) is 0.571. The Balaban J connectivity index is 1.90. The molecule has 0 unspecified atom stereocenters. The van der Waals surface area contributed by atoms with Gasteiger partial charge < -0.3 is 15.8 Å². The molecule has 1 aromatic rings. The molecule has 3 heteroatoms. The second-order valence-corrected chi connectivity index (χ2v) is 4.64. The molecule has 17 heavy (non-hydrogen) atoms. The van der Waals surface area contributed by atoms with Gasteiger partial charge in [0.1, 0.15) is 12.4 Å². The van der Waals surface area contributed by atoms with Crippen LogP contribution in [0.15, 0.2) is 24.3 Å². The highest BCUT2D eigenvalue weighted by atomic mass is 16.5. The first-order valence-corrected chi connectivity index (χ1v) is 6.58. The zero-order valence-electron chi connectivity index (χ0n) is 10.3. The average Bonchev–Trinajstić information content (AvgIpc) is 2.38. The maximum Gasteiger partial charge on any atom is 0.121 e. The van der Waals surface area contributed by atoms with E-state index < -0.39 is 0 Å². The first kappa shape index (κ1) is 12.2. The summed E-state index contributed by atoms with van der Waals surface area (Å²) in [6.45, 7) is 1.13. The number of benzene rings is 1. The molecule has 0 heterocycles. The van der Waals surface area contributed by atoms with E-state index in [1.54, 1.807) is 0 Å². The van der Waals surface area contributed by atoms with E-state index in [4.69, 9.17) is 10.5 Å². The minimum absolute atomic E-state index is 0.556. The van der Waals surface area contributed by atoms with Crippen LogP contribution in [0.4, 0.5) is 5.69 Å². The van der Waals surface area contributed by atoms with Gasteiger partial charge in [-0.2, -0.15) is 0 Å². The van der Waals surface area contributed by atoms with Crippen LogP contribution in [0.5, 0.6) is 5.75 Å². The Labute approximate surface area is 103 Å². The summed E-state index contributed by atoms with van der Waals surface area (Å²) in [6, 6.07) is 8.79. The fourth-order valence-corrected chi connectivity index (χ4v) is 2.34. The third-order valence-corrected chi connectivity index (χ3v) is 3.20. The molecule has 2 rings (SSSR count). The van der Waals surface area contributed by atoms with Crippen LogP contribution in [0.3, 0.4) is 0 Å². The molecule has 1 aromatic carbocycles. The maximum absolute atomic E-state index is 5.52. The molecule has 94 valence electrons. The highest BCUT2D eigenvalue weighted by Crippen LogP contribution is 2.23. The summed E-state index contributed by atoms with van der Waals surface area (Å²) >= 11 is 0. The van der Waals surface area contributed by atoms with Crippen LogP contribution in [0.2, 0.25) is 0 Å². The minimum Gasteiger partial charge on any atom is -0.492 e. The predicted octanol–water partition coefficient (Wildman–Crippen LogP) is 2.77. The predicted molar refractivity (Wildman–Crippen MR) is 71.5 cm³/mol. The molecule has 1 aliphatic carbocycles. The number of nitrogens with one attached hydrogen (secondary N) is 1. The van der Waals surface area contributed by atoms with E-state index in [9.17, 15) is 0 Å². The quantitative estimate of drug-likeness (QED) is 0.823. The molecular formula is C14H22N2O. The van der Waals surface area contributed by atoms with Crippen LogP contribution in [0.1, 0.15) is 32.1 Å². The molecule has 1 saturated carbocycles. The van der Waals surface area contributed by atoms with Crippen LogP contribution in [-0.2, 0) is 0 Å². The summed E-state index contributed by atoms with van der Waals surface area (Å²) < 4.78 is 5.52. The van der Waals surface area contributed by atoms with Crippen LogP contribution in [0.25, 0.3) is 0 Å². The zero-order valence-corrected chi connectivity index (χ0v) is 10.3. The van der Waals surface area contributed by atoms with Crippen molar-refractivity contribution in [3.05, 3.63) is 24.3 Å². The maximum atomic E-state index is 5.52. The van der Waals surface area contributed by atoms with Crippen LogP contribution in [0, 0.1) is 0 Å². The van der Waals surface area contributed by atoms with Gasteiger partial charge in [-0.1, -0.05) is 25.3 Å². The fourth-order valence-electron chi connectivity index (χ4n) is 2.34. The van der Waals surface area contributed by atoms with Gasteiger partial charge in [0.05, 0.1) is 0 Å². The summed E-state index contributed by atoms with van der Waals surface area (Å²) in [7, 11) is 0. The molecule has 3 N–H and O–H groups in total. The number of rotatable bonds is 5. The third kappa shape index (κ3) is 3.93. The highest BCUT2D eigenvalue weighted by Gasteiger charge is 2.12. The Kier molecular flexibility index (Phi) is 4.68. The van der Waals surface area contributed by atoms with E-state index in [2.05, 4.69) is 17.4 Å². The number of hydrogen-bond acceptors (Lipinski definition) is 3. The normalized spacial score (nSPS) is 16.8. The first-order valence-electron chi connectivity index (χ1n) is 6.58. The van der Waals surface area contributed by atoms with Crippen molar-refractivity contribution in [1.29, 1.82) is 0 Å². The second-order valence-electron chi connectivity index (χ2n) is 4.64. The Morgan fingerprint density at radius 1 is 1.24 bits per heavy atom. The topological polar surface area (TPSA) is 47.3 Å². The van der Waals surface area contributed by atoms with Gasteiger partial charge in [0.2, 0.25) is 0 Å². The monoisotopic (exact) mass is 234 g/mol. The Morgan fingerprint density at radius 2 is 2.06 bits per heavy atom. The largest absolute Gasteiger partial charge is 0.492 e. The third-order valence-electron chi connectivity index (χ3n) is 3.20. The summed E-state index contributed by atoms with van der Waals surface area (Å²) in [5.74, 6) is 0.899. The van der Waals surface area contributed by atoms with E-state index in [-0.39, 0.29) is 0 Å². The lowest BCUT2D eigenvalue weighted by Gasteiger charge is -2.24. The molecule has 1 aliphatic rings. The van der Waals surface area contributed by atoms with Gasteiger partial charge in [0.15, 0.2) is 0 Å². The summed E-state index contributed by atoms with van der Waals surface area (Å²) in [4.78, 5) is 0. The molecule has 0 spiro atoms. The lowest BCUT2D eigenvalue weighted by atomic mass is 9.95. The zero-order chi connectivity index (χ0) is 11.9. The van der Waals surface area contributed by atoms with E-state index in [1.165, 1.54) is 32.1 Å². The Hall–Kier alpha value is -1.22. The summed E-state index contributed by atoms with van der Waals surface area (Å²) in [5.41, 5.74) is 6.58. The van der Waals surface area contributed by atoms with Crippen molar-refractivity contribution in [3.8, 4) is 5.75 Å². The van der Waals surface area contributed by atoms with Crippen molar-refractivity contribution >= 4 is 5.69 Å². The highest BCUT2D eigenvalue weighted by molar-refractivity contribution is 5.48. The van der Waals surface area contributed by atoms with Gasteiger partial charge in [0.25, 0.3) is 0 Å². The van der Waals surface area contributed by atoms with Gasteiger partial charge in [-0.15, -0.1) is 0 Å². The molecule has 0 bridgehead atoms. The minimum atomic E-state index is 0.556. The lowest BCUT2D eigenvalue weighted by molar-refractivity contribution is 0.328. The Morgan fingerprint density at radius 3 is 2.82 bits per heavy atom. The van der Waals surface area contributed by atoms with Crippen LogP contribution < -0.4 is 15.8 Å². The van der Waals surface area contributed by atoms with E-state index in [0.717, 1.165) is 11.4 Å². The van der Waals surface area contributed by atoms with Crippen molar-refractivity contribution in [2.45, 2.75) is 38.1 Å². The van der Waals surface area contributed by atoms with Crippen molar-refractivity contribution in [2.75, 3.05) is 18.5 Å². The summed E-state index contributed by atoms with van der Waals surface area (Å²) in [5, 5.41) is 3.59. The molecule has 0 atom stereocenters. The number of anilines is 1. The molecule has 1 fully saturated rings. The van der Waals surface area contributed by atoms with Crippen molar-refractivity contribution < 1.29 is 4.74 Å². The Bertz CT molecular complexity index is 335. The van der Waals surface area contributed by atoms with Gasteiger partial charge in [-0.05, 0) is 25.0 Å². The van der Waals surface area contributed by atoms with E-state index in [0.29, 0.717) is 19.2 Å². The molecular weight excluding hydrogens is 212 g/mol. The van der Waals surface area contributed by atoms with E-state index >= 15 is 0 Å². The number of ether oxygens (including phenoxy) is 1. The first-order chi connectivity index (χ1) is 8.38. The van der Waals surface area contributed by atoms with Crippen molar-refractivity contribution in [1.82, 2.24) is 0 Å². The van der Waals surface area contributed by atoms with Gasteiger partial charge >= 0.3 is 0 Å². The number of hydrogen-bond donors (Lipinski definition) is 2. The lowest BCUT2D eigenvalue weighted by Crippen LogP contribution is -2.22. The molecule has 0 saturated heterocycles. The van der Waals surface area contributed by atoms with E-state index in [1.807, 2.05) is 12.1 Å². The second kappa shape index (κ2) is 6.50. The van der Waals surface area contributed by atoms with Gasteiger partial charge in [-0.25, -0.2) is 0 Å². The van der Waals surface area contributed by atoms with Gasteiger partial charge in [-0.3, -0.25) is 0 Å². The molecule has 0 amide bonds. The van der Waals surface area contributed by atoms with Crippen molar-refractivity contribution in [2.24, 2.45) is 5.73 Å².